The van der Waals surface area contributed by atoms with Crippen LogP contribution in [0, 0.1) is 0 Å². The molecule has 0 aromatic heterocycles. The number of methoxy groups -OCH3 is 1. The van der Waals surface area contributed by atoms with E-state index in [1.165, 1.54) is 30.4 Å². The lowest BCUT2D eigenvalue weighted by Gasteiger charge is -2.57. The van der Waals surface area contributed by atoms with E-state index >= 15 is 0 Å². The van der Waals surface area contributed by atoms with Gasteiger partial charge in [0.05, 0.1) is 13.2 Å². The van der Waals surface area contributed by atoms with Gasteiger partial charge >= 0.3 is 0 Å². The Balaban J connectivity index is 1.40. The van der Waals surface area contributed by atoms with E-state index in [1.54, 1.807) is 7.11 Å². The van der Waals surface area contributed by atoms with E-state index < -0.39 is 0 Å². The van der Waals surface area contributed by atoms with E-state index in [0.29, 0.717) is 12.1 Å². The molecule has 2 aromatic carbocycles. The average Bonchev–Trinajstić information content (AvgIpc) is 3.17. The van der Waals surface area contributed by atoms with Crippen LogP contribution in [0.3, 0.4) is 0 Å². The molecule has 2 aromatic rings. The number of fused-ring (bicyclic) bond motifs is 2. The first-order chi connectivity index (χ1) is 16.7. The highest BCUT2D eigenvalue weighted by molar-refractivity contribution is 5.94. The second-order valence-corrected chi connectivity index (χ2v) is 9.99. The number of benzene rings is 2. The number of nitrogens with zero attached hydrogens (tertiary/aromatic N) is 3. The van der Waals surface area contributed by atoms with Crippen LogP contribution in [0.2, 0.25) is 0 Å². The van der Waals surface area contributed by atoms with Crippen molar-refractivity contribution in [2.24, 2.45) is 0 Å². The summed E-state index contributed by atoms with van der Waals surface area (Å²) in [5, 5.41) is 0. The summed E-state index contributed by atoms with van der Waals surface area (Å²) < 4.78 is 5.55. The van der Waals surface area contributed by atoms with Crippen LogP contribution < -0.4 is 4.74 Å². The summed E-state index contributed by atoms with van der Waals surface area (Å²) in [5.74, 6) is 1.05. The van der Waals surface area contributed by atoms with E-state index in [9.17, 15) is 4.79 Å². The van der Waals surface area contributed by atoms with Crippen molar-refractivity contribution in [2.45, 2.75) is 50.2 Å². The highest BCUT2D eigenvalue weighted by Gasteiger charge is 2.45. The molecular weight excluding hydrogens is 422 g/mol. The zero-order valence-corrected chi connectivity index (χ0v) is 20.4. The normalized spacial score (nSPS) is 24.1. The molecule has 4 aliphatic rings. The summed E-state index contributed by atoms with van der Waals surface area (Å²) in [6.45, 7) is 8.76. The molecule has 4 heterocycles. The first-order valence-electron chi connectivity index (χ1n) is 12.8. The molecule has 0 spiro atoms. The number of rotatable bonds is 7. The summed E-state index contributed by atoms with van der Waals surface area (Å²) in [7, 11) is 1.72. The van der Waals surface area contributed by atoms with E-state index in [-0.39, 0.29) is 11.9 Å². The number of piperazine rings is 1. The standard InChI is InChI=1S/C29H37N3O2/c1-3-15-32-25-19-26(32)21-31(20-25)28(24-9-8-10-27(18-24)34-2)22-11-13-23(14-12-22)29(33)30-16-6-4-5-7-17-30/h3,8-14,18,25-26,28H,1,4-7,15-17,19-21H2,2H3. The van der Waals surface area contributed by atoms with Crippen molar-refractivity contribution in [3.8, 4) is 5.75 Å². The lowest BCUT2D eigenvalue weighted by Crippen LogP contribution is -2.68. The van der Waals surface area contributed by atoms with E-state index in [4.69, 9.17) is 4.74 Å². The number of carbonyl (C=O) groups is 1. The lowest BCUT2D eigenvalue weighted by molar-refractivity contribution is -0.0706. The predicted molar refractivity (Wildman–Crippen MR) is 136 cm³/mol. The smallest absolute Gasteiger partial charge is 0.253 e. The Bertz CT molecular complexity index is 985. The van der Waals surface area contributed by atoms with Gasteiger partial charge in [-0.05, 0) is 54.7 Å². The van der Waals surface area contributed by atoms with Gasteiger partial charge in [0, 0.05) is 50.4 Å². The number of carbonyl (C=O) groups excluding carboxylic acids is 1. The molecule has 4 aliphatic heterocycles. The Hall–Kier alpha value is -2.63. The summed E-state index contributed by atoms with van der Waals surface area (Å²) in [6, 6.07) is 18.2. The molecule has 4 fully saturated rings. The zero-order valence-electron chi connectivity index (χ0n) is 20.4. The molecular formula is C29H37N3O2. The van der Waals surface area contributed by atoms with Gasteiger partial charge in [0.1, 0.15) is 5.75 Å². The molecule has 2 bridgehead atoms. The van der Waals surface area contributed by atoms with E-state index in [0.717, 1.165) is 56.9 Å². The van der Waals surface area contributed by atoms with Crippen LogP contribution >= 0.6 is 0 Å². The number of hydrogen-bond acceptors (Lipinski definition) is 4. The van der Waals surface area contributed by atoms with Crippen molar-refractivity contribution in [1.82, 2.24) is 14.7 Å². The topological polar surface area (TPSA) is 36.0 Å². The fraction of sp³-hybridized carbons (Fsp3) is 0.483. The fourth-order valence-electron chi connectivity index (χ4n) is 6.07. The fourth-order valence-corrected chi connectivity index (χ4v) is 6.07. The Kier molecular flexibility index (Phi) is 7.02. The highest BCUT2D eigenvalue weighted by Crippen LogP contribution is 2.39. The molecule has 180 valence electrons. The first-order valence-corrected chi connectivity index (χ1v) is 12.8. The zero-order chi connectivity index (χ0) is 23.5. The van der Waals surface area contributed by atoms with Crippen LogP contribution in [0.25, 0.3) is 0 Å². The van der Waals surface area contributed by atoms with Gasteiger partial charge in [-0.3, -0.25) is 14.6 Å². The minimum Gasteiger partial charge on any atom is -0.497 e. The molecule has 0 N–H and O–H groups in total. The summed E-state index contributed by atoms with van der Waals surface area (Å²) in [5.41, 5.74) is 3.27. The van der Waals surface area contributed by atoms with E-state index in [2.05, 4.69) is 46.7 Å². The van der Waals surface area contributed by atoms with Gasteiger partial charge in [-0.2, -0.15) is 0 Å². The van der Waals surface area contributed by atoms with Gasteiger partial charge in [0.25, 0.3) is 5.91 Å². The second-order valence-electron chi connectivity index (χ2n) is 9.99. The van der Waals surface area contributed by atoms with Crippen LogP contribution in [-0.4, -0.2) is 72.5 Å². The van der Waals surface area contributed by atoms with Gasteiger partial charge in [0.2, 0.25) is 0 Å². The summed E-state index contributed by atoms with van der Waals surface area (Å²) in [4.78, 5) is 20.3. The van der Waals surface area contributed by atoms with Crippen molar-refractivity contribution in [3.05, 3.63) is 77.9 Å². The van der Waals surface area contributed by atoms with Crippen LogP contribution in [0.5, 0.6) is 5.75 Å². The molecule has 5 heteroatoms. The molecule has 3 unspecified atom stereocenters. The molecule has 34 heavy (non-hydrogen) atoms. The number of ether oxygens (including phenoxy) is 1. The largest absolute Gasteiger partial charge is 0.497 e. The third-order valence-electron chi connectivity index (χ3n) is 7.85. The molecule has 6 rings (SSSR count). The van der Waals surface area contributed by atoms with E-state index in [1.807, 2.05) is 29.2 Å². The third kappa shape index (κ3) is 4.64. The summed E-state index contributed by atoms with van der Waals surface area (Å²) in [6.07, 6.45) is 7.98. The Morgan fingerprint density at radius 3 is 2.38 bits per heavy atom. The average molecular weight is 460 g/mol. The number of piperidine rings is 1. The molecule has 5 nitrogen and oxygen atoms in total. The van der Waals surface area contributed by atoms with Crippen molar-refractivity contribution in [3.63, 3.8) is 0 Å². The van der Waals surface area contributed by atoms with Crippen LogP contribution in [-0.2, 0) is 0 Å². The molecule has 0 saturated carbocycles. The first kappa shape index (κ1) is 23.1. The molecule has 4 saturated heterocycles. The minimum atomic E-state index is 0.147. The molecule has 0 radical (unpaired) electrons. The second kappa shape index (κ2) is 10.3. The Morgan fingerprint density at radius 1 is 1.03 bits per heavy atom. The minimum absolute atomic E-state index is 0.147. The van der Waals surface area contributed by atoms with Crippen LogP contribution in [0.15, 0.2) is 61.2 Å². The maximum atomic E-state index is 13.1. The lowest BCUT2D eigenvalue weighted by atomic mass is 9.84. The van der Waals surface area contributed by atoms with Crippen LogP contribution in [0.1, 0.15) is 59.6 Å². The summed E-state index contributed by atoms with van der Waals surface area (Å²) >= 11 is 0. The van der Waals surface area contributed by atoms with Crippen molar-refractivity contribution >= 4 is 5.91 Å². The number of amides is 1. The predicted octanol–water partition coefficient (Wildman–Crippen LogP) is 4.75. The van der Waals surface area contributed by atoms with Gasteiger partial charge in [-0.1, -0.05) is 43.2 Å². The van der Waals surface area contributed by atoms with Gasteiger partial charge < -0.3 is 9.64 Å². The monoisotopic (exact) mass is 459 g/mol. The van der Waals surface area contributed by atoms with Gasteiger partial charge in [-0.25, -0.2) is 0 Å². The Morgan fingerprint density at radius 2 is 1.74 bits per heavy atom. The molecule has 3 atom stereocenters. The molecule has 1 amide bonds. The third-order valence-corrected chi connectivity index (χ3v) is 7.85. The van der Waals surface area contributed by atoms with Gasteiger partial charge in [-0.15, -0.1) is 6.58 Å². The highest BCUT2D eigenvalue weighted by atomic mass is 16.5. The maximum Gasteiger partial charge on any atom is 0.253 e. The molecule has 0 aliphatic carbocycles. The van der Waals surface area contributed by atoms with Gasteiger partial charge in [0.15, 0.2) is 0 Å². The van der Waals surface area contributed by atoms with Crippen LogP contribution in [0.4, 0.5) is 0 Å². The number of likely N-dealkylation sites (tertiary alicyclic amines) is 1. The maximum absolute atomic E-state index is 13.1. The number of hydrogen-bond donors (Lipinski definition) is 0. The van der Waals surface area contributed by atoms with Crippen molar-refractivity contribution in [2.75, 3.05) is 39.8 Å². The van der Waals surface area contributed by atoms with Crippen molar-refractivity contribution in [1.29, 1.82) is 0 Å². The van der Waals surface area contributed by atoms with Crippen molar-refractivity contribution < 1.29 is 9.53 Å². The quantitative estimate of drug-likeness (QED) is 0.560. The Labute approximate surface area is 204 Å². The SMILES string of the molecule is C=CCN1C2CC1CN(C(c1ccc(C(=O)N3CCCCCC3)cc1)c1cccc(OC)c1)C2.